The summed E-state index contributed by atoms with van der Waals surface area (Å²) < 4.78 is 5.05. The molecule has 0 radical (unpaired) electrons. The first kappa shape index (κ1) is 7.17. The lowest BCUT2D eigenvalue weighted by Crippen LogP contribution is -1.83. The van der Waals surface area contributed by atoms with Crippen LogP contribution in [0.5, 0.6) is 5.75 Å². The van der Waals surface area contributed by atoms with E-state index >= 15 is 0 Å². The molecule has 0 aliphatic carbocycles. The fraction of sp³-hybridized carbons (Fsp3) is 0.250. The minimum atomic E-state index is 0.668. The first-order chi connectivity index (χ1) is 4.88. The summed E-state index contributed by atoms with van der Waals surface area (Å²) in [6.07, 6.45) is 5.81. The van der Waals surface area contributed by atoms with Gasteiger partial charge < -0.3 is 4.74 Å². The van der Waals surface area contributed by atoms with Crippen molar-refractivity contribution in [2.45, 2.75) is 6.42 Å². The molecule has 10 heavy (non-hydrogen) atoms. The molecule has 1 rings (SSSR count). The van der Waals surface area contributed by atoms with Crippen LogP contribution in [0.15, 0.2) is 11.4 Å². The average Bonchev–Trinajstić information content (AvgIpc) is 2.36. The van der Waals surface area contributed by atoms with Crippen LogP contribution in [0.1, 0.15) is 4.88 Å². The second-order valence-corrected chi connectivity index (χ2v) is 2.79. The molecule has 0 bridgehead atoms. The van der Waals surface area contributed by atoms with E-state index in [-0.39, 0.29) is 0 Å². The van der Waals surface area contributed by atoms with Crippen LogP contribution >= 0.6 is 11.3 Å². The maximum absolute atomic E-state index is 5.14. The number of hydrogen-bond acceptors (Lipinski definition) is 2. The average molecular weight is 152 g/mol. The van der Waals surface area contributed by atoms with E-state index in [4.69, 9.17) is 11.2 Å². The van der Waals surface area contributed by atoms with E-state index in [1.807, 2.05) is 11.4 Å². The highest BCUT2D eigenvalue weighted by Crippen LogP contribution is 2.24. The monoisotopic (exact) mass is 152 g/mol. The van der Waals surface area contributed by atoms with Crippen LogP contribution in [-0.4, -0.2) is 7.11 Å². The van der Waals surface area contributed by atoms with Gasteiger partial charge in [-0.1, -0.05) is 0 Å². The van der Waals surface area contributed by atoms with Crippen LogP contribution in [-0.2, 0) is 6.42 Å². The van der Waals surface area contributed by atoms with Crippen LogP contribution in [0.25, 0.3) is 0 Å². The zero-order valence-corrected chi connectivity index (χ0v) is 6.57. The first-order valence-corrected chi connectivity index (χ1v) is 3.80. The summed E-state index contributed by atoms with van der Waals surface area (Å²) in [5.74, 6) is 3.48. The van der Waals surface area contributed by atoms with Crippen molar-refractivity contribution < 1.29 is 4.74 Å². The number of methoxy groups -OCH3 is 1. The molecule has 2 heteroatoms. The quantitative estimate of drug-likeness (QED) is 0.588. The van der Waals surface area contributed by atoms with Crippen molar-refractivity contribution in [1.82, 2.24) is 0 Å². The molecule has 0 aromatic carbocycles. The summed E-state index contributed by atoms with van der Waals surface area (Å²) in [7, 11) is 1.65. The van der Waals surface area contributed by atoms with E-state index in [0.717, 1.165) is 10.6 Å². The van der Waals surface area contributed by atoms with Crippen molar-refractivity contribution in [2.24, 2.45) is 0 Å². The molecule has 1 aromatic heterocycles. The summed E-state index contributed by atoms with van der Waals surface area (Å²) in [6, 6.07) is 1.93. The van der Waals surface area contributed by atoms with Crippen molar-refractivity contribution in [3.8, 4) is 18.1 Å². The minimum absolute atomic E-state index is 0.668. The van der Waals surface area contributed by atoms with Crippen LogP contribution in [0.3, 0.4) is 0 Å². The minimum Gasteiger partial charge on any atom is -0.496 e. The van der Waals surface area contributed by atoms with E-state index in [0.29, 0.717) is 6.42 Å². The number of rotatable bonds is 2. The largest absolute Gasteiger partial charge is 0.496 e. The van der Waals surface area contributed by atoms with E-state index < -0.39 is 0 Å². The van der Waals surface area contributed by atoms with Gasteiger partial charge in [-0.2, -0.15) is 0 Å². The summed E-state index contributed by atoms with van der Waals surface area (Å²) in [4.78, 5) is 1.13. The van der Waals surface area contributed by atoms with Gasteiger partial charge in [-0.05, 0) is 11.4 Å². The van der Waals surface area contributed by atoms with E-state index in [1.54, 1.807) is 18.4 Å². The van der Waals surface area contributed by atoms with Crippen molar-refractivity contribution >= 4 is 11.3 Å². The highest BCUT2D eigenvalue weighted by Gasteiger charge is 2.00. The van der Waals surface area contributed by atoms with Gasteiger partial charge >= 0.3 is 0 Å². The number of ether oxygens (including phenoxy) is 1. The van der Waals surface area contributed by atoms with Gasteiger partial charge in [-0.25, -0.2) is 0 Å². The van der Waals surface area contributed by atoms with Gasteiger partial charge in [-0.15, -0.1) is 23.7 Å². The molecule has 0 N–H and O–H groups in total. The number of hydrogen-bond donors (Lipinski definition) is 0. The molecular formula is C8H8OS. The maximum Gasteiger partial charge on any atom is 0.133 e. The second-order valence-electron chi connectivity index (χ2n) is 1.79. The third-order valence-electron chi connectivity index (χ3n) is 1.19. The Morgan fingerprint density at radius 2 is 2.60 bits per heavy atom. The fourth-order valence-electron chi connectivity index (χ4n) is 0.732. The Kier molecular flexibility index (Phi) is 2.35. The normalized spacial score (nSPS) is 8.80. The fourth-order valence-corrected chi connectivity index (χ4v) is 1.52. The molecule has 0 unspecified atom stereocenters. The Bertz CT molecular complexity index is 244. The predicted octanol–water partition coefficient (Wildman–Crippen LogP) is 1.93. The van der Waals surface area contributed by atoms with Gasteiger partial charge in [0.1, 0.15) is 5.75 Å². The molecule has 1 nitrogen and oxygen atoms in total. The van der Waals surface area contributed by atoms with Crippen molar-refractivity contribution in [3.05, 3.63) is 16.3 Å². The number of thiophene rings is 1. The van der Waals surface area contributed by atoms with Crippen LogP contribution in [0, 0.1) is 12.3 Å². The molecule has 52 valence electrons. The number of terminal acetylenes is 1. The Balaban J connectivity index is 2.82. The van der Waals surface area contributed by atoms with Gasteiger partial charge in [0.25, 0.3) is 0 Å². The molecular weight excluding hydrogens is 144 g/mol. The van der Waals surface area contributed by atoms with E-state index in [9.17, 15) is 0 Å². The lowest BCUT2D eigenvalue weighted by molar-refractivity contribution is 0.413. The highest BCUT2D eigenvalue weighted by atomic mass is 32.1. The SMILES string of the molecule is C#CCc1sccc1OC. The van der Waals surface area contributed by atoms with Gasteiger partial charge in [0.2, 0.25) is 0 Å². The standard InChI is InChI=1S/C8H8OS/c1-3-4-8-7(9-2)5-6-10-8/h1,5-6H,4H2,2H3. The Morgan fingerprint density at radius 3 is 3.20 bits per heavy atom. The van der Waals surface area contributed by atoms with Crippen LogP contribution in [0.2, 0.25) is 0 Å². The molecule has 0 spiro atoms. The molecule has 0 saturated carbocycles. The smallest absolute Gasteiger partial charge is 0.133 e. The topological polar surface area (TPSA) is 9.23 Å². The summed E-state index contributed by atoms with van der Waals surface area (Å²) in [6.45, 7) is 0. The molecule has 0 fully saturated rings. The predicted molar refractivity (Wildman–Crippen MR) is 43.4 cm³/mol. The molecule has 0 aliphatic heterocycles. The lowest BCUT2D eigenvalue weighted by Gasteiger charge is -1.95. The van der Waals surface area contributed by atoms with Crippen molar-refractivity contribution in [1.29, 1.82) is 0 Å². The van der Waals surface area contributed by atoms with Gasteiger partial charge in [0, 0.05) is 6.42 Å². The van der Waals surface area contributed by atoms with Crippen molar-refractivity contribution in [3.63, 3.8) is 0 Å². The van der Waals surface area contributed by atoms with Gasteiger partial charge in [-0.3, -0.25) is 0 Å². The molecule has 0 saturated heterocycles. The van der Waals surface area contributed by atoms with E-state index in [2.05, 4.69) is 5.92 Å². The Hall–Kier alpha value is -0.940. The Morgan fingerprint density at radius 1 is 1.80 bits per heavy atom. The van der Waals surface area contributed by atoms with Gasteiger partial charge in [0.05, 0.1) is 12.0 Å². The lowest BCUT2D eigenvalue weighted by atomic mass is 10.3. The van der Waals surface area contributed by atoms with Crippen molar-refractivity contribution in [2.75, 3.05) is 7.11 Å². The summed E-state index contributed by atoms with van der Waals surface area (Å²) in [5, 5.41) is 1.98. The molecule has 1 heterocycles. The van der Waals surface area contributed by atoms with Crippen LogP contribution in [0.4, 0.5) is 0 Å². The third-order valence-corrected chi connectivity index (χ3v) is 2.09. The maximum atomic E-state index is 5.14. The van der Waals surface area contributed by atoms with E-state index in [1.165, 1.54) is 0 Å². The molecule has 1 aromatic rings. The zero-order valence-electron chi connectivity index (χ0n) is 5.76. The molecule has 0 aliphatic rings. The zero-order chi connectivity index (χ0) is 7.40. The Labute approximate surface area is 64.6 Å². The van der Waals surface area contributed by atoms with Gasteiger partial charge in [0.15, 0.2) is 0 Å². The third kappa shape index (κ3) is 1.31. The molecule has 0 amide bonds. The molecule has 0 atom stereocenters. The second kappa shape index (κ2) is 3.28. The summed E-state index contributed by atoms with van der Waals surface area (Å²) in [5.41, 5.74) is 0. The first-order valence-electron chi connectivity index (χ1n) is 2.92. The van der Waals surface area contributed by atoms with Crippen LogP contribution < -0.4 is 4.74 Å². The summed E-state index contributed by atoms with van der Waals surface area (Å²) >= 11 is 1.63. The highest BCUT2D eigenvalue weighted by molar-refractivity contribution is 7.10.